The molecule has 0 spiro atoms. The lowest BCUT2D eigenvalue weighted by molar-refractivity contribution is -0.0328. The van der Waals surface area contributed by atoms with Crippen LogP contribution in [0.25, 0.3) is 0 Å². The van der Waals surface area contributed by atoms with Gasteiger partial charge in [0.2, 0.25) is 0 Å². The van der Waals surface area contributed by atoms with Crippen molar-refractivity contribution >= 4 is 24.2 Å². The van der Waals surface area contributed by atoms with Crippen LogP contribution in [0.3, 0.4) is 0 Å². The highest BCUT2D eigenvalue weighted by Crippen LogP contribution is 2.41. The summed E-state index contributed by atoms with van der Waals surface area (Å²) >= 11 is -0.0559. The Balaban J connectivity index is 0.00000240. The summed E-state index contributed by atoms with van der Waals surface area (Å²) in [6, 6.07) is 13.9. The molecule has 0 amide bonds. The Morgan fingerprint density at radius 1 is 1.17 bits per heavy atom. The van der Waals surface area contributed by atoms with Crippen molar-refractivity contribution in [3.63, 3.8) is 0 Å². The maximum atomic E-state index is 12.8. The second-order valence-corrected chi connectivity index (χ2v) is 8.33. The number of thioether (sulfide) groups is 1. The van der Waals surface area contributed by atoms with E-state index in [0.29, 0.717) is 19.6 Å². The van der Waals surface area contributed by atoms with E-state index in [-0.39, 0.29) is 41.1 Å². The number of ether oxygens (including phenoxy) is 1. The average molecular weight is 445 g/mol. The number of hydrogen-bond acceptors (Lipinski definition) is 4. The van der Waals surface area contributed by atoms with Crippen molar-refractivity contribution in [3.8, 4) is 5.75 Å². The molecule has 0 bridgehead atoms. The minimum absolute atomic E-state index is 0. The van der Waals surface area contributed by atoms with Crippen LogP contribution >= 0.6 is 24.2 Å². The van der Waals surface area contributed by atoms with Gasteiger partial charge in [0.05, 0.1) is 6.61 Å². The second kappa shape index (κ2) is 9.60. The van der Waals surface area contributed by atoms with Crippen LogP contribution in [-0.4, -0.2) is 24.7 Å². The highest BCUT2D eigenvalue weighted by molar-refractivity contribution is 8.00. The van der Waals surface area contributed by atoms with Crippen LogP contribution < -0.4 is 15.4 Å². The molecule has 2 aromatic carbocycles. The summed E-state index contributed by atoms with van der Waals surface area (Å²) in [5.74, 6) is 0.749. The van der Waals surface area contributed by atoms with Gasteiger partial charge in [-0.3, -0.25) is 0 Å². The van der Waals surface area contributed by atoms with Crippen molar-refractivity contribution in [2.24, 2.45) is 0 Å². The van der Waals surface area contributed by atoms with Crippen molar-refractivity contribution in [1.82, 2.24) is 10.6 Å². The Hall–Kier alpha value is -1.41. The molecule has 0 aromatic heterocycles. The van der Waals surface area contributed by atoms with Crippen molar-refractivity contribution < 1.29 is 17.9 Å². The average Bonchev–Trinajstić information content (AvgIpc) is 3.14. The van der Waals surface area contributed by atoms with E-state index in [1.54, 1.807) is 12.1 Å². The molecule has 0 aliphatic carbocycles. The molecule has 2 heterocycles. The predicted molar refractivity (Wildman–Crippen MR) is 112 cm³/mol. The molecule has 0 unspecified atom stereocenters. The first-order valence-electron chi connectivity index (χ1n) is 9.56. The monoisotopic (exact) mass is 444 g/mol. The third kappa shape index (κ3) is 5.60. The van der Waals surface area contributed by atoms with E-state index in [4.69, 9.17) is 4.74 Å². The molecule has 2 N–H and O–H groups in total. The first-order valence-corrected chi connectivity index (χ1v) is 10.4. The van der Waals surface area contributed by atoms with Crippen LogP contribution in [0.4, 0.5) is 13.2 Å². The molecule has 1 fully saturated rings. The van der Waals surface area contributed by atoms with E-state index in [1.807, 2.05) is 18.2 Å². The van der Waals surface area contributed by atoms with E-state index < -0.39 is 5.51 Å². The summed E-state index contributed by atoms with van der Waals surface area (Å²) < 4.78 is 44.3. The maximum Gasteiger partial charge on any atom is 0.446 e. The van der Waals surface area contributed by atoms with Crippen LogP contribution in [-0.2, 0) is 13.0 Å². The van der Waals surface area contributed by atoms with Gasteiger partial charge in [-0.15, -0.1) is 12.4 Å². The quantitative estimate of drug-likeness (QED) is 0.618. The number of fused-ring (bicyclic) bond motifs is 1. The number of rotatable bonds is 5. The number of hydrogen-bond donors (Lipinski definition) is 2. The fourth-order valence-corrected chi connectivity index (χ4v) is 4.71. The summed E-state index contributed by atoms with van der Waals surface area (Å²) in [6.07, 6.45) is 2.75. The van der Waals surface area contributed by atoms with Gasteiger partial charge in [0.25, 0.3) is 0 Å². The fourth-order valence-electron chi connectivity index (χ4n) is 4.04. The third-order valence-corrected chi connectivity index (χ3v) is 5.94. The van der Waals surface area contributed by atoms with E-state index in [9.17, 15) is 13.2 Å². The minimum Gasteiger partial charge on any atom is -0.493 e. The van der Waals surface area contributed by atoms with Crippen LogP contribution in [0.1, 0.15) is 35.6 Å². The molecule has 0 saturated carbocycles. The van der Waals surface area contributed by atoms with Gasteiger partial charge in [-0.25, -0.2) is 0 Å². The minimum atomic E-state index is -4.29. The normalized spacial score (nSPS) is 21.2. The highest BCUT2D eigenvalue weighted by Gasteiger charge is 2.31. The predicted octanol–water partition coefficient (Wildman–Crippen LogP) is 5.24. The molecule has 1 saturated heterocycles. The lowest BCUT2D eigenvalue weighted by Gasteiger charge is -2.34. The molecular weight excluding hydrogens is 421 g/mol. The molecular formula is C21H24ClF3N2OS. The Labute approximate surface area is 179 Å². The topological polar surface area (TPSA) is 33.3 Å². The van der Waals surface area contributed by atoms with E-state index in [1.165, 1.54) is 5.56 Å². The maximum absolute atomic E-state index is 12.8. The number of halogens is 4. The summed E-state index contributed by atoms with van der Waals surface area (Å²) in [6.45, 7) is 1.98. The number of piperidine rings is 1. The van der Waals surface area contributed by atoms with Crippen LogP contribution in [0.2, 0.25) is 0 Å². The summed E-state index contributed by atoms with van der Waals surface area (Å²) in [7, 11) is 0. The zero-order valence-corrected chi connectivity index (χ0v) is 17.4. The fraction of sp³-hybridized carbons (Fsp3) is 0.429. The Morgan fingerprint density at radius 2 is 1.97 bits per heavy atom. The van der Waals surface area contributed by atoms with Gasteiger partial charge in [0.1, 0.15) is 5.75 Å². The second-order valence-electron chi connectivity index (χ2n) is 7.19. The van der Waals surface area contributed by atoms with Gasteiger partial charge < -0.3 is 15.4 Å². The number of alkyl halides is 3. The molecule has 2 aliphatic rings. The third-order valence-electron chi connectivity index (χ3n) is 5.24. The molecule has 2 atom stereocenters. The van der Waals surface area contributed by atoms with E-state index in [0.717, 1.165) is 36.3 Å². The lowest BCUT2D eigenvalue weighted by Crippen LogP contribution is -2.45. The zero-order valence-electron chi connectivity index (χ0n) is 15.8. The van der Waals surface area contributed by atoms with Gasteiger partial charge in [-0.1, -0.05) is 30.3 Å². The largest absolute Gasteiger partial charge is 0.493 e. The lowest BCUT2D eigenvalue weighted by atomic mass is 9.92. The molecule has 2 aromatic rings. The van der Waals surface area contributed by atoms with Crippen LogP contribution in [0, 0.1) is 0 Å². The van der Waals surface area contributed by atoms with E-state index in [2.05, 4.69) is 22.8 Å². The van der Waals surface area contributed by atoms with Gasteiger partial charge in [0.15, 0.2) is 0 Å². The standard InChI is InChI=1S/C21H23F3N2OS.ClH/c22-21(23,24)28-17-11-15-8-10-27-20(15)16(12-17)13-26-18-7-4-9-25-19(18)14-5-2-1-3-6-14;/h1-3,5-6,11-12,18-19,25-26H,4,7-10,13H2;1H/t18-,19-;/m0./s1. The molecule has 8 heteroatoms. The van der Waals surface area contributed by atoms with Gasteiger partial charge in [0, 0.05) is 35.5 Å². The van der Waals surface area contributed by atoms with Gasteiger partial charge in [-0.05, 0) is 54.4 Å². The van der Waals surface area contributed by atoms with Gasteiger partial charge in [-0.2, -0.15) is 13.2 Å². The molecule has 29 heavy (non-hydrogen) atoms. The Kier molecular flexibility index (Phi) is 7.37. The first kappa shape index (κ1) is 22.3. The van der Waals surface area contributed by atoms with Crippen LogP contribution in [0.15, 0.2) is 47.4 Å². The number of benzene rings is 2. The molecule has 158 valence electrons. The van der Waals surface area contributed by atoms with Crippen molar-refractivity contribution in [2.45, 2.75) is 48.3 Å². The van der Waals surface area contributed by atoms with E-state index >= 15 is 0 Å². The SMILES string of the molecule is Cl.FC(F)(F)Sc1cc2c(c(CN[C@H]3CCCN[C@H]3c3ccccc3)c1)OCC2. The van der Waals surface area contributed by atoms with Crippen molar-refractivity contribution in [2.75, 3.05) is 13.2 Å². The summed E-state index contributed by atoms with van der Waals surface area (Å²) in [5.41, 5.74) is -1.39. The molecule has 2 aliphatic heterocycles. The molecule has 0 radical (unpaired) electrons. The first-order chi connectivity index (χ1) is 13.5. The van der Waals surface area contributed by atoms with Crippen molar-refractivity contribution in [3.05, 3.63) is 59.2 Å². The summed E-state index contributed by atoms with van der Waals surface area (Å²) in [4.78, 5) is 0.231. The van der Waals surface area contributed by atoms with Crippen molar-refractivity contribution in [1.29, 1.82) is 0 Å². The van der Waals surface area contributed by atoms with Crippen LogP contribution in [0.5, 0.6) is 5.75 Å². The zero-order chi connectivity index (χ0) is 19.6. The smallest absolute Gasteiger partial charge is 0.446 e. The van der Waals surface area contributed by atoms with Gasteiger partial charge >= 0.3 is 5.51 Å². The number of nitrogens with one attached hydrogen (secondary N) is 2. The molecule has 4 rings (SSSR count). The molecule has 3 nitrogen and oxygen atoms in total. The Morgan fingerprint density at radius 3 is 2.72 bits per heavy atom. The Bertz CT molecular complexity index is 820. The highest BCUT2D eigenvalue weighted by atomic mass is 35.5. The summed E-state index contributed by atoms with van der Waals surface area (Å²) in [5, 5.41) is 7.14.